The highest BCUT2D eigenvalue weighted by atomic mass is 35.5. The topological polar surface area (TPSA) is 60.3 Å². The summed E-state index contributed by atoms with van der Waals surface area (Å²) in [6.45, 7) is 9.07. The van der Waals surface area contributed by atoms with Crippen molar-refractivity contribution in [1.82, 2.24) is 10.2 Å². The third kappa shape index (κ3) is 9.82. The molecule has 7 heteroatoms. The number of alkyl halides is 1. The lowest BCUT2D eigenvalue weighted by molar-refractivity contribution is 0.146. The van der Waals surface area contributed by atoms with Crippen molar-refractivity contribution in [2.45, 2.75) is 26.4 Å². The Labute approximate surface area is 255 Å². The van der Waals surface area contributed by atoms with Crippen LogP contribution < -0.4 is 15.0 Å². The first-order chi connectivity index (χ1) is 20.5. The fraction of sp³-hybridized carbons (Fsp3) is 0.286. The van der Waals surface area contributed by atoms with E-state index in [9.17, 15) is 5.11 Å². The van der Waals surface area contributed by atoms with Crippen LogP contribution in [0.25, 0.3) is 0 Å². The van der Waals surface area contributed by atoms with Crippen LogP contribution in [0, 0.1) is 6.92 Å². The summed E-state index contributed by atoms with van der Waals surface area (Å²) in [4.78, 5) is 8.97. The number of nitrogens with zero attached hydrogens (tertiary/aromatic N) is 3. The van der Waals surface area contributed by atoms with Crippen molar-refractivity contribution >= 4 is 28.8 Å². The lowest BCUT2D eigenvalue weighted by Crippen LogP contribution is -2.38. The van der Waals surface area contributed by atoms with Crippen LogP contribution in [0.2, 0.25) is 0 Å². The molecule has 1 aliphatic heterocycles. The van der Waals surface area contributed by atoms with Gasteiger partial charge in [0, 0.05) is 49.0 Å². The van der Waals surface area contributed by atoms with Gasteiger partial charge < -0.3 is 20.1 Å². The number of amidine groups is 1. The first-order valence-electron chi connectivity index (χ1n) is 14.4. The molecule has 5 rings (SSSR count). The van der Waals surface area contributed by atoms with E-state index in [1.54, 1.807) is 12.1 Å². The van der Waals surface area contributed by atoms with Crippen LogP contribution in [-0.2, 0) is 6.54 Å². The summed E-state index contributed by atoms with van der Waals surface area (Å²) in [7, 11) is 0. The maximum Gasteiger partial charge on any atom is 0.119 e. The molecule has 0 aliphatic carbocycles. The number of phenolic OH excluding ortho intramolecular Hbond substituents is 1. The molecule has 4 aromatic carbocycles. The fourth-order valence-electron chi connectivity index (χ4n) is 4.64. The number of benzene rings is 4. The third-order valence-electron chi connectivity index (χ3n) is 7.00. The summed E-state index contributed by atoms with van der Waals surface area (Å²) in [6, 6.07) is 36.4. The van der Waals surface area contributed by atoms with Gasteiger partial charge in [-0.05, 0) is 55.8 Å². The minimum Gasteiger partial charge on any atom is -0.508 e. The molecular formula is C35H41ClN4O2. The zero-order valence-corrected chi connectivity index (χ0v) is 25.3. The predicted octanol–water partition coefficient (Wildman–Crippen LogP) is 7.04. The zero-order valence-electron chi connectivity index (χ0n) is 24.5. The van der Waals surface area contributed by atoms with Gasteiger partial charge in [-0.25, -0.2) is 0 Å². The van der Waals surface area contributed by atoms with E-state index in [0.29, 0.717) is 25.1 Å². The van der Waals surface area contributed by atoms with Gasteiger partial charge in [0.05, 0.1) is 13.1 Å². The second kappa shape index (κ2) is 16.4. The van der Waals surface area contributed by atoms with Crippen LogP contribution in [0.5, 0.6) is 11.5 Å². The van der Waals surface area contributed by atoms with E-state index < -0.39 is 0 Å². The Bertz CT molecular complexity index is 1370. The molecule has 2 N–H and O–H groups in total. The molecule has 42 heavy (non-hydrogen) atoms. The minimum atomic E-state index is 0.269. The van der Waals surface area contributed by atoms with E-state index in [2.05, 4.69) is 82.5 Å². The van der Waals surface area contributed by atoms with Crippen LogP contribution in [0.1, 0.15) is 18.1 Å². The maximum atomic E-state index is 9.74. The standard InChI is InChI=1S/C18H22ClNO.C17H19N3O/c1-16(15-21-18-10-6-3-7-11-18)20(13-12-19)14-17-8-4-2-5-9-17;1-13-5-7-14(8-6-13)20(12-17-18-9-10-19-17)15-3-2-4-16(21)11-15/h2-11,16H,12-15H2,1H3;2-8,11,21H,9-10,12H2,1H3,(H,18,19). The molecule has 0 aromatic heterocycles. The summed E-state index contributed by atoms with van der Waals surface area (Å²) < 4.78 is 5.85. The highest BCUT2D eigenvalue weighted by molar-refractivity contribution is 6.18. The molecule has 0 saturated heterocycles. The van der Waals surface area contributed by atoms with E-state index in [4.69, 9.17) is 16.3 Å². The molecule has 0 fully saturated rings. The summed E-state index contributed by atoms with van der Waals surface area (Å²) in [5, 5.41) is 13.0. The smallest absolute Gasteiger partial charge is 0.119 e. The Kier molecular flexibility index (Phi) is 12.1. The molecule has 6 nitrogen and oxygen atoms in total. The van der Waals surface area contributed by atoms with E-state index >= 15 is 0 Å². The second-order valence-corrected chi connectivity index (χ2v) is 10.7. The van der Waals surface area contributed by atoms with Crippen LogP contribution in [0.4, 0.5) is 11.4 Å². The highest BCUT2D eigenvalue weighted by Gasteiger charge is 2.16. The number of hydrogen-bond donors (Lipinski definition) is 2. The van der Waals surface area contributed by atoms with Crippen LogP contribution in [0.15, 0.2) is 114 Å². The van der Waals surface area contributed by atoms with Gasteiger partial charge in [-0.15, -0.1) is 11.6 Å². The number of phenols is 1. The molecule has 220 valence electrons. The Morgan fingerprint density at radius 3 is 2.24 bits per heavy atom. The molecule has 1 aliphatic rings. The van der Waals surface area contributed by atoms with Crippen molar-refractivity contribution in [3.8, 4) is 11.5 Å². The monoisotopic (exact) mass is 584 g/mol. The number of nitrogens with one attached hydrogen (secondary N) is 1. The molecule has 0 bridgehead atoms. The largest absolute Gasteiger partial charge is 0.508 e. The van der Waals surface area contributed by atoms with Crippen LogP contribution in [0.3, 0.4) is 0 Å². The average Bonchev–Trinajstić information content (AvgIpc) is 3.54. The van der Waals surface area contributed by atoms with E-state index in [-0.39, 0.29) is 5.75 Å². The maximum absolute atomic E-state index is 9.74. The van der Waals surface area contributed by atoms with Gasteiger partial charge in [-0.2, -0.15) is 0 Å². The van der Waals surface area contributed by atoms with Gasteiger partial charge in [0.2, 0.25) is 0 Å². The Hall–Kier alpha value is -4.00. The number of aromatic hydroxyl groups is 1. The van der Waals surface area contributed by atoms with Gasteiger partial charge in [0.1, 0.15) is 23.9 Å². The molecule has 0 radical (unpaired) electrons. The van der Waals surface area contributed by atoms with Gasteiger partial charge in [-0.3, -0.25) is 9.89 Å². The van der Waals surface area contributed by atoms with Crippen molar-refractivity contribution in [3.63, 3.8) is 0 Å². The number of para-hydroxylation sites is 1. The number of rotatable bonds is 12. The normalized spacial score (nSPS) is 13.0. The Morgan fingerprint density at radius 1 is 0.881 bits per heavy atom. The number of hydrogen-bond acceptors (Lipinski definition) is 6. The molecule has 1 unspecified atom stereocenters. The second-order valence-electron chi connectivity index (χ2n) is 10.3. The van der Waals surface area contributed by atoms with Gasteiger partial charge in [0.25, 0.3) is 0 Å². The summed E-state index contributed by atoms with van der Waals surface area (Å²) in [5.74, 6) is 2.79. The van der Waals surface area contributed by atoms with Crippen molar-refractivity contribution in [2.24, 2.45) is 4.99 Å². The predicted molar refractivity (Wildman–Crippen MR) is 176 cm³/mol. The van der Waals surface area contributed by atoms with E-state index in [1.165, 1.54) is 11.1 Å². The Morgan fingerprint density at radius 2 is 1.60 bits per heavy atom. The third-order valence-corrected chi connectivity index (χ3v) is 7.17. The molecule has 0 saturated carbocycles. The number of aryl methyl sites for hydroxylation is 1. The molecule has 4 aromatic rings. The quantitative estimate of drug-likeness (QED) is 0.175. The van der Waals surface area contributed by atoms with Crippen molar-refractivity contribution in [1.29, 1.82) is 0 Å². The number of anilines is 2. The number of aliphatic imine (C=N–C) groups is 1. The molecule has 1 atom stereocenters. The summed E-state index contributed by atoms with van der Waals surface area (Å²) >= 11 is 5.94. The first kappa shape index (κ1) is 30.9. The van der Waals surface area contributed by atoms with Crippen molar-refractivity contribution in [2.75, 3.05) is 43.6 Å². The summed E-state index contributed by atoms with van der Waals surface area (Å²) in [6.07, 6.45) is 0. The molecule has 0 spiro atoms. The molecule has 1 heterocycles. The van der Waals surface area contributed by atoms with Gasteiger partial charge >= 0.3 is 0 Å². The van der Waals surface area contributed by atoms with Gasteiger partial charge in [-0.1, -0.05) is 72.3 Å². The van der Waals surface area contributed by atoms with E-state index in [0.717, 1.165) is 49.1 Å². The fourth-order valence-corrected chi connectivity index (χ4v) is 4.86. The lowest BCUT2D eigenvalue weighted by Gasteiger charge is -2.28. The highest BCUT2D eigenvalue weighted by Crippen LogP contribution is 2.28. The van der Waals surface area contributed by atoms with Crippen molar-refractivity contribution in [3.05, 3.63) is 120 Å². The van der Waals surface area contributed by atoms with E-state index in [1.807, 2.05) is 48.5 Å². The van der Waals surface area contributed by atoms with Crippen molar-refractivity contribution < 1.29 is 9.84 Å². The van der Waals surface area contributed by atoms with Crippen LogP contribution in [-0.4, -0.2) is 60.5 Å². The average molecular weight is 585 g/mol. The van der Waals surface area contributed by atoms with Gasteiger partial charge in [0.15, 0.2) is 0 Å². The number of ether oxygens (including phenoxy) is 1. The minimum absolute atomic E-state index is 0.269. The van der Waals surface area contributed by atoms with Crippen LogP contribution >= 0.6 is 11.6 Å². The zero-order chi connectivity index (χ0) is 29.6. The lowest BCUT2D eigenvalue weighted by atomic mass is 10.2. The SMILES string of the molecule is CC(COc1ccccc1)N(CCCl)Cc1ccccc1.Cc1ccc(N(CC2=NCCN2)c2cccc(O)c2)cc1. The summed E-state index contributed by atoms with van der Waals surface area (Å²) in [5.41, 5.74) is 4.57. The molecule has 0 amide bonds. The Balaban J connectivity index is 0.000000193. The first-order valence-corrected chi connectivity index (χ1v) is 15.0. The number of halogens is 1. The molecular weight excluding hydrogens is 544 g/mol.